The van der Waals surface area contributed by atoms with Gasteiger partial charge in [-0.25, -0.2) is 19.7 Å². The number of urea groups is 1. The fourth-order valence-electron chi connectivity index (χ4n) is 3.94. The second kappa shape index (κ2) is 9.78. The van der Waals surface area contributed by atoms with Gasteiger partial charge in [0.15, 0.2) is 17.3 Å². The molecule has 0 bridgehead atoms. The molecule has 36 heavy (non-hydrogen) atoms. The van der Waals surface area contributed by atoms with E-state index in [9.17, 15) is 9.59 Å². The molecule has 0 unspecified atom stereocenters. The Kier molecular flexibility index (Phi) is 6.53. The molecule has 2 N–H and O–H groups in total. The van der Waals surface area contributed by atoms with Gasteiger partial charge in [-0.1, -0.05) is 28.7 Å². The third-order valence-corrected chi connectivity index (χ3v) is 7.58. The third kappa shape index (κ3) is 4.05. The Labute approximate surface area is 223 Å². The summed E-state index contributed by atoms with van der Waals surface area (Å²) in [6.07, 6.45) is 1.38. The zero-order valence-corrected chi connectivity index (χ0v) is 22.4. The van der Waals surface area contributed by atoms with Crippen molar-refractivity contribution in [2.24, 2.45) is 0 Å². The van der Waals surface area contributed by atoms with E-state index in [1.807, 2.05) is 18.2 Å². The highest BCUT2D eigenvalue weighted by molar-refractivity contribution is 14.1. The number of thiophene rings is 1. The Morgan fingerprint density at radius 1 is 1.06 bits per heavy atom. The maximum Gasteiger partial charge on any atom is 0.332 e. The van der Waals surface area contributed by atoms with Gasteiger partial charge >= 0.3 is 6.03 Å². The Balaban J connectivity index is 1.58. The molecule has 3 heterocycles. The Morgan fingerprint density at radius 3 is 2.53 bits per heavy atom. The van der Waals surface area contributed by atoms with Crippen LogP contribution >= 0.6 is 33.9 Å². The second-order valence-corrected chi connectivity index (χ2v) is 9.37. The van der Waals surface area contributed by atoms with E-state index in [-0.39, 0.29) is 0 Å². The van der Waals surface area contributed by atoms with Crippen molar-refractivity contribution in [3.05, 3.63) is 53.2 Å². The molecule has 1 aliphatic rings. The summed E-state index contributed by atoms with van der Waals surface area (Å²) in [5, 5.41) is 6.31. The van der Waals surface area contributed by atoms with Crippen molar-refractivity contribution in [3.8, 4) is 17.2 Å². The lowest BCUT2D eigenvalue weighted by atomic mass is 10.1. The molecule has 2 aromatic heterocycles. The molecule has 0 atom stereocenters. The molecule has 5 rings (SSSR count). The van der Waals surface area contributed by atoms with Crippen molar-refractivity contribution in [1.29, 1.82) is 0 Å². The number of methoxy groups -OCH3 is 3. The van der Waals surface area contributed by atoms with Gasteiger partial charge in [-0.05, 0) is 29.8 Å². The maximum absolute atomic E-state index is 13.4. The molecule has 1 aliphatic heterocycles. The minimum Gasteiger partial charge on any atom is -0.495 e. The van der Waals surface area contributed by atoms with Gasteiger partial charge in [0.25, 0.3) is 5.91 Å². The average molecular weight is 617 g/mol. The van der Waals surface area contributed by atoms with Crippen molar-refractivity contribution >= 4 is 79.0 Å². The number of anilines is 4. The predicted octanol–water partition coefficient (Wildman–Crippen LogP) is 5.59. The van der Waals surface area contributed by atoms with Gasteiger partial charge in [0.1, 0.15) is 21.8 Å². The Hall–Kier alpha value is -3.65. The minimum absolute atomic E-state index is 0.308. The zero-order chi connectivity index (χ0) is 25.4. The number of alkyl halides is 1. The van der Waals surface area contributed by atoms with Crippen molar-refractivity contribution in [2.75, 3.05) is 36.9 Å². The number of hydrogen-bond donors (Lipinski definition) is 2. The lowest BCUT2D eigenvalue weighted by molar-refractivity contribution is 0.103. The molecule has 2 aromatic carbocycles. The van der Waals surface area contributed by atoms with Crippen LogP contribution in [0.3, 0.4) is 0 Å². The number of aromatic nitrogens is 2. The zero-order valence-electron chi connectivity index (χ0n) is 19.4. The third-order valence-electron chi connectivity index (χ3n) is 5.60. The number of ether oxygens (including phenoxy) is 3. The number of nitrogens with zero attached hydrogens (tertiary/aromatic N) is 3. The van der Waals surface area contributed by atoms with E-state index in [1.165, 1.54) is 36.8 Å². The minimum atomic E-state index is -0.454. The molecule has 0 radical (unpaired) electrons. The lowest BCUT2D eigenvalue weighted by Crippen LogP contribution is -2.35. The van der Waals surface area contributed by atoms with Crippen LogP contribution in [0.1, 0.15) is 15.2 Å². The summed E-state index contributed by atoms with van der Waals surface area (Å²) in [6, 6.07) is 10.3. The first-order valence-electron chi connectivity index (χ1n) is 10.6. The van der Waals surface area contributed by atoms with Crippen molar-refractivity contribution < 1.29 is 23.8 Å². The first-order valence-corrected chi connectivity index (χ1v) is 13.0. The van der Waals surface area contributed by atoms with E-state index >= 15 is 0 Å². The first kappa shape index (κ1) is 24.1. The quantitative estimate of drug-likeness (QED) is 0.205. The van der Waals surface area contributed by atoms with Crippen LogP contribution in [0.2, 0.25) is 0 Å². The molecular formula is C24H20IN5O5S. The Bertz CT molecular complexity index is 1510. The second-order valence-electron chi connectivity index (χ2n) is 7.61. The fraction of sp³-hybridized carbons (Fsp3) is 0.167. The number of hydrogen-bond acceptors (Lipinski definition) is 8. The van der Waals surface area contributed by atoms with E-state index in [0.29, 0.717) is 55.2 Å². The van der Waals surface area contributed by atoms with Crippen LogP contribution in [-0.4, -0.2) is 43.2 Å². The van der Waals surface area contributed by atoms with Crippen molar-refractivity contribution in [1.82, 2.24) is 9.97 Å². The van der Waals surface area contributed by atoms with Gasteiger partial charge in [0, 0.05) is 16.2 Å². The smallest absolute Gasteiger partial charge is 0.332 e. The SMILES string of the molecule is COc1ccc(NC(=O)c2sc3ncnc4c3c2NC(=O)N4c2cc(CI)ccc2OC)cc1OC. The van der Waals surface area contributed by atoms with Gasteiger partial charge in [0.2, 0.25) is 0 Å². The highest BCUT2D eigenvalue weighted by Crippen LogP contribution is 2.46. The van der Waals surface area contributed by atoms with Crippen LogP contribution in [0.5, 0.6) is 17.2 Å². The fourth-order valence-corrected chi connectivity index (χ4v) is 5.41. The first-order chi connectivity index (χ1) is 17.5. The van der Waals surface area contributed by atoms with Crippen LogP contribution in [0.4, 0.5) is 27.7 Å². The molecule has 10 nitrogen and oxygen atoms in total. The summed E-state index contributed by atoms with van der Waals surface area (Å²) in [5.74, 6) is 1.53. The lowest BCUT2D eigenvalue weighted by Gasteiger charge is -2.28. The van der Waals surface area contributed by atoms with Crippen LogP contribution < -0.4 is 29.7 Å². The molecule has 12 heteroatoms. The van der Waals surface area contributed by atoms with E-state index in [2.05, 4.69) is 43.2 Å². The van der Waals surface area contributed by atoms with Gasteiger partial charge in [-0.15, -0.1) is 11.3 Å². The van der Waals surface area contributed by atoms with Gasteiger partial charge in [-0.3, -0.25) is 4.79 Å². The molecule has 0 saturated carbocycles. The number of carbonyl (C=O) groups is 2. The van der Waals surface area contributed by atoms with Crippen molar-refractivity contribution in [2.45, 2.75) is 4.43 Å². The molecule has 0 aliphatic carbocycles. The Morgan fingerprint density at radius 2 is 1.81 bits per heavy atom. The molecule has 4 aromatic rings. The molecule has 3 amide bonds. The van der Waals surface area contributed by atoms with Crippen molar-refractivity contribution in [3.63, 3.8) is 0 Å². The summed E-state index contributed by atoms with van der Waals surface area (Å²) in [5.41, 5.74) is 2.46. The molecule has 0 spiro atoms. The van der Waals surface area contributed by atoms with Crippen LogP contribution in [0, 0.1) is 0 Å². The van der Waals surface area contributed by atoms with E-state index < -0.39 is 11.9 Å². The number of benzene rings is 2. The number of rotatable bonds is 7. The standard InChI is InChI=1S/C24H20IN5O5S/c1-33-15-6-4-12(10-25)8-14(15)30-21-18-19(29-24(30)32)20(36-23(18)27-11-26-21)22(31)28-13-5-7-16(34-2)17(9-13)35-3/h4-9,11H,10H2,1-3H3,(H,28,31)(H,29,32). The van der Waals surface area contributed by atoms with Gasteiger partial charge in [0.05, 0.1) is 38.1 Å². The number of nitrogens with one attached hydrogen (secondary N) is 2. The average Bonchev–Trinajstić information content (AvgIpc) is 3.27. The van der Waals surface area contributed by atoms with Crippen LogP contribution in [0.15, 0.2) is 42.7 Å². The summed E-state index contributed by atoms with van der Waals surface area (Å²) >= 11 is 3.43. The summed E-state index contributed by atoms with van der Waals surface area (Å²) in [6.45, 7) is 0. The molecular weight excluding hydrogens is 597 g/mol. The summed E-state index contributed by atoms with van der Waals surface area (Å²) in [4.78, 5) is 37.8. The normalized spacial score (nSPS) is 12.3. The van der Waals surface area contributed by atoms with Crippen LogP contribution in [0.25, 0.3) is 10.2 Å². The van der Waals surface area contributed by atoms with E-state index in [0.717, 1.165) is 9.99 Å². The number of halogens is 1. The van der Waals surface area contributed by atoms with Crippen LogP contribution in [-0.2, 0) is 4.43 Å². The largest absolute Gasteiger partial charge is 0.495 e. The van der Waals surface area contributed by atoms with Gasteiger partial charge in [-0.2, -0.15) is 0 Å². The number of carbonyl (C=O) groups excluding carboxylic acids is 2. The van der Waals surface area contributed by atoms with Gasteiger partial charge < -0.3 is 24.8 Å². The summed E-state index contributed by atoms with van der Waals surface area (Å²) < 4.78 is 16.9. The van der Waals surface area contributed by atoms with E-state index in [4.69, 9.17) is 14.2 Å². The molecule has 184 valence electrons. The maximum atomic E-state index is 13.4. The number of amides is 3. The summed E-state index contributed by atoms with van der Waals surface area (Å²) in [7, 11) is 4.61. The molecule has 0 saturated heterocycles. The molecule has 0 fully saturated rings. The topological polar surface area (TPSA) is 115 Å². The van der Waals surface area contributed by atoms with E-state index in [1.54, 1.807) is 25.3 Å². The monoisotopic (exact) mass is 617 g/mol. The highest BCUT2D eigenvalue weighted by Gasteiger charge is 2.35. The highest BCUT2D eigenvalue weighted by atomic mass is 127. The predicted molar refractivity (Wildman–Crippen MR) is 147 cm³/mol.